The van der Waals surface area contributed by atoms with Gasteiger partial charge in [-0.25, -0.2) is 9.97 Å². The number of hydrogen-bond donors (Lipinski definition) is 1. The minimum atomic E-state index is 0.321. The Morgan fingerprint density at radius 3 is 2.75 bits per heavy atom. The molecule has 0 unspecified atom stereocenters. The molecule has 2 heterocycles. The van der Waals surface area contributed by atoms with Crippen molar-refractivity contribution in [2.45, 2.75) is 0 Å². The predicted octanol–water partition coefficient (Wildman–Crippen LogP) is 2.93. The second-order valence-corrected chi connectivity index (χ2v) is 5.73. The third kappa shape index (κ3) is 2.04. The minimum Gasteiger partial charge on any atom is -0.479 e. The van der Waals surface area contributed by atoms with Crippen LogP contribution in [0.15, 0.2) is 33.5 Å². The van der Waals surface area contributed by atoms with Crippen molar-refractivity contribution in [2.75, 3.05) is 12.8 Å². The Labute approximate surface area is 131 Å². The molecule has 8 heteroatoms. The number of nitrogens with two attached hydrogens (primary N) is 1. The Morgan fingerprint density at radius 2 is 2.05 bits per heavy atom. The van der Waals surface area contributed by atoms with Crippen LogP contribution in [0, 0.1) is 0 Å². The van der Waals surface area contributed by atoms with E-state index in [-0.39, 0.29) is 0 Å². The van der Waals surface area contributed by atoms with Crippen LogP contribution < -0.4 is 10.5 Å². The summed E-state index contributed by atoms with van der Waals surface area (Å²) < 4.78 is 8.76. The van der Waals surface area contributed by atoms with Crippen LogP contribution in [0.25, 0.3) is 16.9 Å². The highest BCUT2D eigenvalue weighted by Gasteiger charge is 2.17. The number of imidazole rings is 1. The molecule has 2 N–H and O–H groups in total. The maximum atomic E-state index is 6.01. The number of methoxy groups -OCH3 is 1. The van der Waals surface area contributed by atoms with Gasteiger partial charge >= 0.3 is 0 Å². The van der Waals surface area contributed by atoms with Gasteiger partial charge in [0.2, 0.25) is 11.8 Å². The number of fused-ring (bicyclic) bond motifs is 1. The SMILES string of the molecule is COc1ncnc2c1nc(N)n2-c1ccc(Br)cc1Br. The average Bonchev–Trinajstić information content (AvgIpc) is 2.75. The highest BCUT2D eigenvalue weighted by atomic mass is 79.9. The second-order valence-electron chi connectivity index (χ2n) is 3.96. The third-order valence-electron chi connectivity index (χ3n) is 2.78. The van der Waals surface area contributed by atoms with E-state index < -0.39 is 0 Å². The molecule has 3 aromatic rings. The highest BCUT2D eigenvalue weighted by Crippen LogP contribution is 2.31. The molecule has 6 nitrogen and oxygen atoms in total. The standard InChI is InChI=1S/C12H9Br2N5O/c1-20-11-9-10(16-5-17-11)19(12(15)18-9)8-3-2-6(13)4-7(8)14/h2-5H,1H3,(H2,15,18). The number of benzene rings is 1. The van der Waals surface area contributed by atoms with Gasteiger partial charge in [-0.15, -0.1) is 0 Å². The fraction of sp³-hybridized carbons (Fsp3) is 0.0833. The van der Waals surface area contributed by atoms with E-state index in [0.717, 1.165) is 14.6 Å². The Kier molecular flexibility index (Phi) is 3.35. The number of aromatic nitrogens is 4. The molecule has 0 radical (unpaired) electrons. The summed E-state index contributed by atoms with van der Waals surface area (Å²) in [7, 11) is 1.53. The van der Waals surface area contributed by atoms with E-state index in [9.17, 15) is 0 Å². The molecule has 1 aromatic carbocycles. The first-order valence-electron chi connectivity index (χ1n) is 5.60. The summed E-state index contributed by atoms with van der Waals surface area (Å²) in [5.41, 5.74) is 7.98. The van der Waals surface area contributed by atoms with Crippen LogP contribution in [0.1, 0.15) is 0 Å². The van der Waals surface area contributed by atoms with Crippen LogP contribution in [0.5, 0.6) is 5.88 Å². The van der Waals surface area contributed by atoms with Crippen LogP contribution in [-0.2, 0) is 0 Å². The van der Waals surface area contributed by atoms with Crippen LogP contribution in [-0.4, -0.2) is 26.6 Å². The topological polar surface area (TPSA) is 78.8 Å². The molecular formula is C12H9Br2N5O. The quantitative estimate of drug-likeness (QED) is 0.717. The first-order valence-corrected chi connectivity index (χ1v) is 7.18. The van der Waals surface area contributed by atoms with Gasteiger partial charge in [0.25, 0.3) is 0 Å². The monoisotopic (exact) mass is 397 g/mol. The van der Waals surface area contributed by atoms with Gasteiger partial charge in [0.05, 0.1) is 12.8 Å². The third-order valence-corrected chi connectivity index (χ3v) is 3.91. The van der Waals surface area contributed by atoms with Crippen molar-refractivity contribution in [1.82, 2.24) is 19.5 Å². The molecule has 0 bridgehead atoms. The van der Waals surface area contributed by atoms with E-state index in [1.54, 1.807) is 4.57 Å². The lowest BCUT2D eigenvalue weighted by atomic mass is 10.3. The van der Waals surface area contributed by atoms with Gasteiger partial charge < -0.3 is 10.5 Å². The molecule has 0 saturated carbocycles. The molecule has 0 saturated heterocycles. The lowest BCUT2D eigenvalue weighted by molar-refractivity contribution is 0.401. The molecule has 20 heavy (non-hydrogen) atoms. The molecule has 102 valence electrons. The molecule has 0 spiro atoms. The number of anilines is 1. The summed E-state index contributed by atoms with van der Waals surface area (Å²) in [4.78, 5) is 12.6. The van der Waals surface area contributed by atoms with Gasteiger partial charge in [-0.05, 0) is 34.1 Å². The Balaban J connectivity index is 2.34. The van der Waals surface area contributed by atoms with Crippen molar-refractivity contribution < 1.29 is 4.74 Å². The second kappa shape index (κ2) is 5.02. The van der Waals surface area contributed by atoms with Crippen molar-refractivity contribution in [2.24, 2.45) is 0 Å². The number of hydrogen-bond acceptors (Lipinski definition) is 5. The predicted molar refractivity (Wildman–Crippen MR) is 83.0 cm³/mol. The first-order chi connectivity index (χ1) is 9.61. The zero-order chi connectivity index (χ0) is 14.3. The molecule has 2 aromatic heterocycles. The summed E-state index contributed by atoms with van der Waals surface area (Å²) in [6, 6.07) is 5.77. The van der Waals surface area contributed by atoms with Crippen molar-refractivity contribution >= 4 is 49.0 Å². The Hall–Kier alpha value is -1.67. The maximum absolute atomic E-state index is 6.01. The largest absolute Gasteiger partial charge is 0.479 e. The van der Waals surface area contributed by atoms with Gasteiger partial charge in [-0.1, -0.05) is 15.9 Å². The molecule has 0 amide bonds. The Bertz CT molecular complexity index is 802. The number of halogens is 2. The fourth-order valence-electron chi connectivity index (χ4n) is 1.94. The van der Waals surface area contributed by atoms with Crippen molar-refractivity contribution in [3.8, 4) is 11.6 Å². The van der Waals surface area contributed by atoms with Gasteiger partial charge in [-0.3, -0.25) is 4.57 Å². The number of ether oxygens (including phenoxy) is 1. The van der Waals surface area contributed by atoms with Crippen LogP contribution in [0.4, 0.5) is 5.95 Å². The van der Waals surface area contributed by atoms with E-state index in [4.69, 9.17) is 10.5 Å². The molecule has 3 rings (SSSR count). The van der Waals surface area contributed by atoms with Gasteiger partial charge in [-0.2, -0.15) is 4.98 Å². The summed E-state index contributed by atoms with van der Waals surface area (Å²) in [6.07, 6.45) is 1.42. The molecule has 0 aliphatic carbocycles. The van der Waals surface area contributed by atoms with E-state index in [2.05, 4.69) is 46.8 Å². The highest BCUT2D eigenvalue weighted by molar-refractivity contribution is 9.11. The summed E-state index contributed by atoms with van der Waals surface area (Å²) in [6.45, 7) is 0. The van der Waals surface area contributed by atoms with E-state index in [1.165, 1.54) is 13.4 Å². The molecular weight excluding hydrogens is 390 g/mol. The number of nitrogen functional groups attached to an aromatic ring is 1. The van der Waals surface area contributed by atoms with Crippen molar-refractivity contribution in [3.05, 3.63) is 33.5 Å². The van der Waals surface area contributed by atoms with E-state index in [0.29, 0.717) is 23.0 Å². The summed E-state index contributed by atoms with van der Waals surface area (Å²) in [5, 5.41) is 0. The molecule has 0 atom stereocenters. The summed E-state index contributed by atoms with van der Waals surface area (Å²) >= 11 is 6.93. The van der Waals surface area contributed by atoms with Gasteiger partial charge in [0.15, 0.2) is 11.2 Å². The van der Waals surface area contributed by atoms with Crippen LogP contribution >= 0.6 is 31.9 Å². The lowest BCUT2D eigenvalue weighted by Gasteiger charge is -2.08. The van der Waals surface area contributed by atoms with Crippen molar-refractivity contribution in [3.63, 3.8) is 0 Å². The van der Waals surface area contributed by atoms with E-state index in [1.807, 2.05) is 18.2 Å². The Morgan fingerprint density at radius 1 is 1.25 bits per heavy atom. The van der Waals surface area contributed by atoms with Crippen LogP contribution in [0.3, 0.4) is 0 Å². The van der Waals surface area contributed by atoms with Gasteiger partial charge in [0, 0.05) is 8.95 Å². The van der Waals surface area contributed by atoms with Gasteiger partial charge in [0.1, 0.15) is 6.33 Å². The summed E-state index contributed by atoms with van der Waals surface area (Å²) in [5.74, 6) is 0.718. The zero-order valence-electron chi connectivity index (χ0n) is 10.3. The molecule has 0 aliphatic heterocycles. The van der Waals surface area contributed by atoms with Crippen molar-refractivity contribution in [1.29, 1.82) is 0 Å². The zero-order valence-corrected chi connectivity index (χ0v) is 13.5. The minimum absolute atomic E-state index is 0.321. The normalized spacial score (nSPS) is 10.9. The average molecular weight is 399 g/mol. The molecule has 0 aliphatic rings. The van der Waals surface area contributed by atoms with Crippen LogP contribution in [0.2, 0.25) is 0 Å². The first kappa shape index (κ1) is 13.3. The number of rotatable bonds is 2. The smallest absolute Gasteiger partial charge is 0.245 e. The van der Waals surface area contributed by atoms with E-state index >= 15 is 0 Å². The number of nitrogens with zero attached hydrogens (tertiary/aromatic N) is 4. The fourth-order valence-corrected chi connectivity index (χ4v) is 3.16. The lowest BCUT2D eigenvalue weighted by Crippen LogP contribution is -2.02. The molecule has 0 fully saturated rings. The maximum Gasteiger partial charge on any atom is 0.245 e.